The van der Waals surface area contributed by atoms with Gasteiger partial charge < -0.3 is 4.74 Å². The summed E-state index contributed by atoms with van der Waals surface area (Å²) in [7, 11) is 1.67. The smallest absolute Gasteiger partial charge is 0.122 e. The highest BCUT2D eigenvalue weighted by Gasteiger charge is 2.14. The minimum Gasteiger partial charge on any atom is -0.496 e. The Kier molecular flexibility index (Phi) is 4.08. The molecule has 1 aromatic carbocycles. The molecule has 0 amide bonds. The van der Waals surface area contributed by atoms with Gasteiger partial charge in [-0.15, -0.1) is 11.3 Å². The third-order valence-corrected chi connectivity index (χ3v) is 3.23. The lowest BCUT2D eigenvalue weighted by molar-refractivity contribution is 0.405. The van der Waals surface area contributed by atoms with Gasteiger partial charge in [0.25, 0.3) is 0 Å². The van der Waals surface area contributed by atoms with Crippen molar-refractivity contribution >= 4 is 11.3 Å². The molecule has 2 aromatic rings. The van der Waals surface area contributed by atoms with Crippen molar-refractivity contribution in [2.75, 3.05) is 7.11 Å². The van der Waals surface area contributed by atoms with Gasteiger partial charge in [0.1, 0.15) is 5.75 Å². The molecule has 0 saturated carbocycles. The van der Waals surface area contributed by atoms with Gasteiger partial charge in [-0.3, -0.25) is 11.3 Å². The van der Waals surface area contributed by atoms with Crippen LogP contribution in [-0.4, -0.2) is 12.1 Å². The molecule has 0 radical (unpaired) electrons. The SMILES string of the molecule is COc1ccccc1CC(NN)c1cscn1. The Labute approximate surface area is 104 Å². The number of benzene rings is 1. The standard InChI is InChI=1S/C12H15N3OS/c1-16-12-5-3-2-4-9(12)6-10(15-13)11-7-17-8-14-11/h2-5,7-8,10,15H,6,13H2,1H3. The first-order valence-corrected chi connectivity index (χ1v) is 6.25. The summed E-state index contributed by atoms with van der Waals surface area (Å²) in [6, 6.07) is 7.94. The lowest BCUT2D eigenvalue weighted by Crippen LogP contribution is -2.29. The van der Waals surface area contributed by atoms with E-state index in [0.29, 0.717) is 0 Å². The first-order chi connectivity index (χ1) is 8.35. The Morgan fingerprint density at radius 2 is 2.29 bits per heavy atom. The molecule has 4 nitrogen and oxygen atoms in total. The van der Waals surface area contributed by atoms with Gasteiger partial charge in [0, 0.05) is 5.38 Å². The first kappa shape index (κ1) is 12.0. The summed E-state index contributed by atoms with van der Waals surface area (Å²) in [5.74, 6) is 6.45. The van der Waals surface area contributed by atoms with Crippen LogP contribution in [0.4, 0.5) is 0 Å². The lowest BCUT2D eigenvalue weighted by atomic mass is 10.0. The number of hydrogen-bond donors (Lipinski definition) is 2. The van der Waals surface area contributed by atoms with Gasteiger partial charge in [0.2, 0.25) is 0 Å². The molecule has 0 spiro atoms. The molecule has 1 aromatic heterocycles. The van der Waals surface area contributed by atoms with E-state index in [4.69, 9.17) is 10.6 Å². The van der Waals surface area contributed by atoms with Crippen LogP contribution < -0.4 is 16.0 Å². The largest absolute Gasteiger partial charge is 0.496 e. The molecule has 1 unspecified atom stereocenters. The van der Waals surface area contributed by atoms with Crippen molar-refractivity contribution in [3.05, 3.63) is 46.4 Å². The van der Waals surface area contributed by atoms with Gasteiger partial charge >= 0.3 is 0 Å². The van der Waals surface area contributed by atoms with Crippen LogP contribution >= 0.6 is 11.3 Å². The van der Waals surface area contributed by atoms with Crippen molar-refractivity contribution in [1.82, 2.24) is 10.4 Å². The van der Waals surface area contributed by atoms with E-state index in [0.717, 1.165) is 23.4 Å². The van der Waals surface area contributed by atoms with Crippen LogP contribution in [0.2, 0.25) is 0 Å². The maximum absolute atomic E-state index is 5.58. The van der Waals surface area contributed by atoms with Crippen LogP contribution in [0.3, 0.4) is 0 Å². The topological polar surface area (TPSA) is 60.2 Å². The average molecular weight is 249 g/mol. The zero-order valence-electron chi connectivity index (χ0n) is 9.59. The number of para-hydroxylation sites is 1. The number of rotatable bonds is 5. The van der Waals surface area contributed by atoms with Crippen LogP contribution in [0.25, 0.3) is 0 Å². The van der Waals surface area contributed by atoms with Crippen LogP contribution in [-0.2, 0) is 6.42 Å². The van der Waals surface area contributed by atoms with E-state index in [1.54, 1.807) is 18.4 Å². The second-order valence-electron chi connectivity index (χ2n) is 3.65. The van der Waals surface area contributed by atoms with E-state index in [-0.39, 0.29) is 6.04 Å². The van der Waals surface area contributed by atoms with E-state index >= 15 is 0 Å². The molecule has 0 aliphatic heterocycles. The summed E-state index contributed by atoms with van der Waals surface area (Å²) in [5, 5.41) is 2.00. The average Bonchev–Trinajstić information content (AvgIpc) is 2.90. The summed E-state index contributed by atoms with van der Waals surface area (Å²) in [6.07, 6.45) is 0.754. The zero-order valence-corrected chi connectivity index (χ0v) is 10.4. The van der Waals surface area contributed by atoms with Crippen molar-refractivity contribution in [1.29, 1.82) is 0 Å². The maximum Gasteiger partial charge on any atom is 0.122 e. The van der Waals surface area contributed by atoms with Gasteiger partial charge in [-0.1, -0.05) is 18.2 Å². The normalized spacial score (nSPS) is 12.4. The fourth-order valence-corrected chi connectivity index (χ4v) is 2.34. The number of aromatic nitrogens is 1. The Morgan fingerprint density at radius 3 is 2.94 bits per heavy atom. The van der Waals surface area contributed by atoms with Crippen LogP contribution in [0.15, 0.2) is 35.2 Å². The number of nitrogens with one attached hydrogen (secondary N) is 1. The molecule has 5 heteroatoms. The highest BCUT2D eigenvalue weighted by molar-refractivity contribution is 7.07. The summed E-state index contributed by atoms with van der Waals surface area (Å²) in [4.78, 5) is 4.27. The van der Waals surface area contributed by atoms with Gasteiger partial charge in [-0.05, 0) is 18.1 Å². The molecule has 90 valence electrons. The summed E-state index contributed by atoms with van der Waals surface area (Å²) in [6.45, 7) is 0. The minimum atomic E-state index is 0.0116. The Morgan fingerprint density at radius 1 is 1.47 bits per heavy atom. The maximum atomic E-state index is 5.58. The second kappa shape index (κ2) is 5.77. The summed E-state index contributed by atoms with van der Waals surface area (Å²) in [5.41, 5.74) is 6.68. The minimum absolute atomic E-state index is 0.0116. The Balaban J connectivity index is 2.18. The highest BCUT2D eigenvalue weighted by atomic mass is 32.1. The van der Waals surface area contributed by atoms with Gasteiger partial charge in [0.05, 0.1) is 24.4 Å². The zero-order chi connectivity index (χ0) is 12.1. The van der Waals surface area contributed by atoms with E-state index in [2.05, 4.69) is 10.4 Å². The highest BCUT2D eigenvalue weighted by Crippen LogP contribution is 2.24. The predicted octanol–water partition coefficient (Wildman–Crippen LogP) is 1.90. The van der Waals surface area contributed by atoms with E-state index in [1.165, 1.54) is 0 Å². The van der Waals surface area contributed by atoms with Crippen LogP contribution in [0.1, 0.15) is 17.3 Å². The molecule has 0 aliphatic carbocycles. The van der Waals surface area contributed by atoms with Crippen molar-refractivity contribution in [2.45, 2.75) is 12.5 Å². The summed E-state index contributed by atoms with van der Waals surface area (Å²) >= 11 is 1.57. The van der Waals surface area contributed by atoms with Crippen molar-refractivity contribution in [2.24, 2.45) is 5.84 Å². The number of hydrazine groups is 1. The third-order valence-electron chi connectivity index (χ3n) is 2.63. The van der Waals surface area contributed by atoms with Gasteiger partial charge in [-0.2, -0.15) is 0 Å². The Bertz CT molecular complexity index is 459. The third kappa shape index (κ3) is 2.82. The van der Waals surface area contributed by atoms with Crippen LogP contribution in [0.5, 0.6) is 5.75 Å². The summed E-state index contributed by atoms with van der Waals surface area (Å²) < 4.78 is 5.32. The van der Waals surface area contributed by atoms with Gasteiger partial charge in [0.15, 0.2) is 0 Å². The molecule has 0 aliphatic rings. The molecular weight excluding hydrogens is 234 g/mol. The van der Waals surface area contributed by atoms with Gasteiger partial charge in [-0.25, -0.2) is 4.98 Å². The van der Waals surface area contributed by atoms with Crippen molar-refractivity contribution in [3.8, 4) is 5.75 Å². The number of hydrogen-bond acceptors (Lipinski definition) is 5. The molecule has 0 saturated heterocycles. The Hall–Kier alpha value is -1.43. The number of nitrogens with zero attached hydrogens (tertiary/aromatic N) is 1. The number of thiazole rings is 1. The lowest BCUT2D eigenvalue weighted by Gasteiger charge is -2.15. The molecule has 1 atom stereocenters. The number of methoxy groups -OCH3 is 1. The van der Waals surface area contributed by atoms with Crippen molar-refractivity contribution in [3.63, 3.8) is 0 Å². The van der Waals surface area contributed by atoms with Crippen LogP contribution in [0, 0.1) is 0 Å². The molecule has 17 heavy (non-hydrogen) atoms. The van der Waals surface area contributed by atoms with E-state index in [1.807, 2.05) is 35.2 Å². The number of nitrogens with two attached hydrogens (primary N) is 1. The predicted molar refractivity (Wildman–Crippen MR) is 68.9 cm³/mol. The molecule has 0 fully saturated rings. The molecular formula is C12H15N3OS. The first-order valence-electron chi connectivity index (χ1n) is 5.31. The fraction of sp³-hybridized carbons (Fsp3) is 0.250. The molecule has 1 heterocycles. The quantitative estimate of drug-likeness (QED) is 0.627. The van der Waals surface area contributed by atoms with Crippen molar-refractivity contribution < 1.29 is 4.74 Å². The molecule has 0 bridgehead atoms. The monoisotopic (exact) mass is 249 g/mol. The second-order valence-corrected chi connectivity index (χ2v) is 4.37. The molecule has 2 rings (SSSR count). The van der Waals surface area contributed by atoms with E-state index < -0.39 is 0 Å². The fourth-order valence-electron chi connectivity index (χ4n) is 1.73. The molecule has 3 N–H and O–H groups in total. The number of ether oxygens (including phenoxy) is 1. The van der Waals surface area contributed by atoms with E-state index in [9.17, 15) is 0 Å².